The van der Waals surface area contributed by atoms with Crippen molar-refractivity contribution in [1.82, 2.24) is 9.97 Å². The zero-order valence-corrected chi connectivity index (χ0v) is 13.2. The van der Waals surface area contributed by atoms with Gasteiger partial charge in [-0.2, -0.15) is 0 Å². The highest BCUT2D eigenvalue weighted by molar-refractivity contribution is 5.86. The molecule has 1 aliphatic rings. The van der Waals surface area contributed by atoms with Crippen molar-refractivity contribution in [3.63, 3.8) is 0 Å². The lowest BCUT2D eigenvalue weighted by Crippen LogP contribution is -1.91. The van der Waals surface area contributed by atoms with Gasteiger partial charge in [-0.15, -0.1) is 0 Å². The maximum absolute atomic E-state index is 4.97. The zero-order chi connectivity index (χ0) is 15.9. The van der Waals surface area contributed by atoms with Gasteiger partial charge in [0.2, 0.25) is 0 Å². The number of fused-ring (bicyclic) bond motifs is 5. The first-order chi connectivity index (χ1) is 11.9. The third-order valence-corrected chi connectivity index (χ3v) is 4.69. The summed E-state index contributed by atoms with van der Waals surface area (Å²) in [6, 6.07) is 27.5. The molecule has 5 rings (SSSR count). The minimum atomic E-state index is 0.923. The maximum Gasteiger partial charge on any atom is 0.138 e. The van der Waals surface area contributed by atoms with E-state index in [2.05, 4.69) is 65.6 Å². The quantitative estimate of drug-likeness (QED) is 0.446. The molecule has 3 aromatic carbocycles. The number of imidazole rings is 1. The van der Waals surface area contributed by atoms with Crippen LogP contribution in [-0.2, 0) is 6.42 Å². The second kappa shape index (κ2) is 5.20. The number of nitrogens with one attached hydrogen (secondary N) is 1. The van der Waals surface area contributed by atoms with Gasteiger partial charge in [-0.3, -0.25) is 0 Å². The standard InChI is InChI=1S/C22H16N2/c1-2-8-15(9-3-1)22-23-20-18-12-6-4-10-16(18)14-17-11-5-7-13-19(17)21(20)24-22/h1-13H,14H2,(H,23,24). The van der Waals surface area contributed by atoms with Crippen molar-refractivity contribution in [3.05, 3.63) is 90.0 Å². The van der Waals surface area contributed by atoms with Crippen LogP contribution in [0.15, 0.2) is 78.9 Å². The van der Waals surface area contributed by atoms with Gasteiger partial charge >= 0.3 is 0 Å². The zero-order valence-electron chi connectivity index (χ0n) is 13.2. The molecule has 2 heteroatoms. The van der Waals surface area contributed by atoms with E-state index in [1.54, 1.807) is 0 Å². The Morgan fingerprint density at radius 2 is 1.29 bits per heavy atom. The van der Waals surface area contributed by atoms with E-state index in [0.29, 0.717) is 0 Å². The van der Waals surface area contributed by atoms with E-state index in [9.17, 15) is 0 Å². The fraction of sp³-hybridized carbons (Fsp3) is 0.0455. The second-order valence-electron chi connectivity index (χ2n) is 6.17. The molecule has 2 nitrogen and oxygen atoms in total. The molecule has 1 aliphatic carbocycles. The first-order valence-electron chi connectivity index (χ1n) is 8.22. The summed E-state index contributed by atoms with van der Waals surface area (Å²) >= 11 is 0. The summed E-state index contributed by atoms with van der Waals surface area (Å²) < 4.78 is 0. The number of hydrogen-bond donors (Lipinski definition) is 1. The molecular formula is C22H16N2. The Morgan fingerprint density at radius 3 is 2.08 bits per heavy atom. The normalized spacial score (nSPS) is 12.0. The van der Waals surface area contributed by atoms with E-state index in [-0.39, 0.29) is 0 Å². The van der Waals surface area contributed by atoms with E-state index >= 15 is 0 Å². The van der Waals surface area contributed by atoms with Crippen molar-refractivity contribution >= 4 is 0 Å². The summed E-state index contributed by atoms with van der Waals surface area (Å²) in [7, 11) is 0. The molecule has 1 N–H and O–H groups in total. The smallest absolute Gasteiger partial charge is 0.138 e. The van der Waals surface area contributed by atoms with Crippen LogP contribution >= 0.6 is 0 Å². The van der Waals surface area contributed by atoms with Crippen LogP contribution in [0.2, 0.25) is 0 Å². The van der Waals surface area contributed by atoms with Crippen LogP contribution < -0.4 is 0 Å². The molecule has 0 saturated heterocycles. The monoisotopic (exact) mass is 308 g/mol. The first kappa shape index (κ1) is 13.3. The molecule has 0 spiro atoms. The molecule has 0 fully saturated rings. The number of H-pyrrole nitrogens is 1. The number of benzene rings is 3. The second-order valence-corrected chi connectivity index (χ2v) is 6.17. The number of hydrogen-bond acceptors (Lipinski definition) is 1. The van der Waals surface area contributed by atoms with Crippen LogP contribution in [0.1, 0.15) is 11.1 Å². The molecule has 24 heavy (non-hydrogen) atoms. The lowest BCUT2D eigenvalue weighted by Gasteiger charge is -2.06. The van der Waals surface area contributed by atoms with Gasteiger partial charge in [0, 0.05) is 16.7 Å². The van der Waals surface area contributed by atoms with Crippen molar-refractivity contribution in [3.8, 4) is 33.9 Å². The van der Waals surface area contributed by atoms with E-state index in [1.165, 1.54) is 22.3 Å². The fourth-order valence-corrected chi connectivity index (χ4v) is 3.52. The number of aromatic amines is 1. The van der Waals surface area contributed by atoms with E-state index in [0.717, 1.165) is 29.2 Å². The highest BCUT2D eigenvalue weighted by Crippen LogP contribution is 2.40. The molecule has 0 aliphatic heterocycles. The van der Waals surface area contributed by atoms with Crippen LogP contribution in [0.4, 0.5) is 0 Å². The van der Waals surface area contributed by atoms with Crippen LogP contribution in [0.3, 0.4) is 0 Å². The Kier molecular flexibility index (Phi) is 2.89. The summed E-state index contributed by atoms with van der Waals surface area (Å²) in [5.41, 5.74) is 8.42. The van der Waals surface area contributed by atoms with Crippen molar-refractivity contribution < 1.29 is 0 Å². The van der Waals surface area contributed by atoms with Crippen LogP contribution in [0, 0.1) is 0 Å². The molecule has 114 valence electrons. The van der Waals surface area contributed by atoms with Gasteiger partial charge in [0.15, 0.2) is 0 Å². The molecule has 0 unspecified atom stereocenters. The molecule has 1 heterocycles. The van der Waals surface area contributed by atoms with E-state index in [1.807, 2.05) is 18.2 Å². The number of nitrogens with zero attached hydrogens (tertiary/aromatic N) is 1. The van der Waals surface area contributed by atoms with Gasteiger partial charge in [-0.05, 0) is 17.5 Å². The summed E-state index contributed by atoms with van der Waals surface area (Å²) in [6.07, 6.45) is 0.942. The molecule has 0 saturated carbocycles. The maximum atomic E-state index is 4.97. The third kappa shape index (κ3) is 2.00. The SMILES string of the molecule is c1ccc(-c2nc3c([nH]2)-c2ccccc2Cc2ccccc2-3)cc1. The van der Waals surface area contributed by atoms with E-state index < -0.39 is 0 Å². The number of rotatable bonds is 1. The minimum absolute atomic E-state index is 0.923. The largest absolute Gasteiger partial charge is 0.337 e. The molecule has 0 radical (unpaired) electrons. The molecule has 0 atom stereocenters. The highest BCUT2D eigenvalue weighted by Gasteiger charge is 2.22. The molecule has 4 aromatic rings. The highest BCUT2D eigenvalue weighted by atomic mass is 14.9. The van der Waals surface area contributed by atoms with Gasteiger partial charge in [0.05, 0.1) is 11.4 Å². The van der Waals surface area contributed by atoms with Gasteiger partial charge < -0.3 is 4.98 Å². The van der Waals surface area contributed by atoms with Gasteiger partial charge in [-0.1, -0.05) is 78.9 Å². The summed E-state index contributed by atoms with van der Waals surface area (Å²) in [5.74, 6) is 0.923. The van der Waals surface area contributed by atoms with Gasteiger partial charge in [0.25, 0.3) is 0 Å². The van der Waals surface area contributed by atoms with Crippen LogP contribution in [-0.4, -0.2) is 9.97 Å². The lowest BCUT2D eigenvalue weighted by molar-refractivity contribution is 1.19. The Morgan fingerprint density at radius 1 is 0.667 bits per heavy atom. The van der Waals surface area contributed by atoms with Gasteiger partial charge in [-0.25, -0.2) is 4.98 Å². The average molecular weight is 308 g/mol. The average Bonchev–Trinajstić information content (AvgIpc) is 3.03. The Bertz CT molecular complexity index is 966. The van der Waals surface area contributed by atoms with Gasteiger partial charge in [0.1, 0.15) is 5.82 Å². The summed E-state index contributed by atoms with van der Waals surface area (Å²) in [4.78, 5) is 8.54. The predicted octanol–water partition coefficient (Wildman–Crippen LogP) is 5.31. The molecule has 1 aromatic heterocycles. The van der Waals surface area contributed by atoms with Crippen molar-refractivity contribution in [2.45, 2.75) is 6.42 Å². The fourth-order valence-electron chi connectivity index (χ4n) is 3.52. The van der Waals surface area contributed by atoms with Crippen LogP contribution in [0.25, 0.3) is 33.9 Å². The van der Waals surface area contributed by atoms with Crippen molar-refractivity contribution in [1.29, 1.82) is 0 Å². The Labute approximate surface area is 140 Å². The topological polar surface area (TPSA) is 28.7 Å². The summed E-state index contributed by atoms with van der Waals surface area (Å²) in [5, 5.41) is 0. The lowest BCUT2D eigenvalue weighted by atomic mass is 10.00. The predicted molar refractivity (Wildman–Crippen MR) is 97.7 cm³/mol. The number of aromatic nitrogens is 2. The first-order valence-corrected chi connectivity index (χ1v) is 8.22. The van der Waals surface area contributed by atoms with E-state index in [4.69, 9.17) is 4.98 Å². The minimum Gasteiger partial charge on any atom is -0.337 e. The van der Waals surface area contributed by atoms with Crippen molar-refractivity contribution in [2.24, 2.45) is 0 Å². The molecular weight excluding hydrogens is 292 g/mol. The molecule has 0 bridgehead atoms. The Hall–Kier alpha value is -3.13. The summed E-state index contributed by atoms with van der Waals surface area (Å²) in [6.45, 7) is 0. The molecule has 0 amide bonds. The Balaban J connectivity index is 1.82. The third-order valence-electron chi connectivity index (χ3n) is 4.69. The van der Waals surface area contributed by atoms with Crippen molar-refractivity contribution in [2.75, 3.05) is 0 Å². The van der Waals surface area contributed by atoms with Crippen LogP contribution in [0.5, 0.6) is 0 Å².